The first-order valence-electron chi connectivity index (χ1n) is 5.91. The number of carbonyl (C=O) groups excluding carboxylic acids is 1. The lowest BCUT2D eigenvalue weighted by Gasteiger charge is -2.04. The number of aryl methyl sites for hydroxylation is 1. The van der Waals surface area contributed by atoms with Crippen LogP contribution in [0.4, 0.5) is 0 Å². The molecule has 0 aliphatic heterocycles. The zero-order valence-corrected chi connectivity index (χ0v) is 12.3. The number of rotatable bonds is 5. The van der Waals surface area contributed by atoms with Crippen molar-refractivity contribution in [1.82, 2.24) is 5.43 Å². The van der Waals surface area contributed by atoms with E-state index in [-0.39, 0.29) is 5.91 Å². The smallest absolute Gasteiger partial charge is 0.275 e. The van der Waals surface area contributed by atoms with E-state index in [0.717, 1.165) is 17.1 Å². The van der Waals surface area contributed by atoms with Crippen molar-refractivity contribution in [2.45, 2.75) is 18.4 Å². The number of thiophene rings is 1. The van der Waals surface area contributed by atoms with Gasteiger partial charge >= 0.3 is 0 Å². The number of carbonyl (C=O) groups is 1. The average Bonchev–Trinajstić information content (AvgIpc) is 2.86. The van der Waals surface area contributed by atoms with Gasteiger partial charge in [0.15, 0.2) is 0 Å². The Kier molecular flexibility index (Phi) is 5.01. The number of benzene rings is 1. The number of hydrogen-bond acceptors (Lipinski definition) is 4. The van der Waals surface area contributed by atoms with Gasteiger partial charge in [0.1, 0.15) is 0 Å². The van der Waals surface area contributed by atoms with Crippen LogP contribution in [0.5, 0.6) is 0 Å². The van der Waals surface area contributed by atoms with E-state index in [1.54, 1.807) is 11.8 Å². The van der Waals surface area contributed by atoms with Crippen LogP contribution in [0.15, 0.2) is 35.7 Å². The summed E-state index contributed by atoms with van der Waals surface area (Å²) in [5.74, 6) is 6.73. The molecule has 1 aromatic heterocycles. The van der Waals surface area contributed by atoms with Gasteiger partial charge in [0.2, 0.25) is 0 Å². The molecule has 0 saturated heterocycles. The lowest BCUT2D eigenvalue weighted by molar-refractivity contribution is 0.0957. The molecule has 2 aromatic rings. The topological polar surface area (TPSA) is 55.1 Å². The molecule has 1 amide bonds. The van der Waals surface area contributed by atoms with E-state index in [1.807, 2.05) is 11.4 Å². The van der Waals surface area contributed by atoms with Crippen molar-refractivity contribution in [3.8, 4) is 0 Å². The Morgan fingerprint density at radius 1 is 1.37 bits per heavy atom. The minimum atomic E-state index is -0.207. The van der Waals surface area contributed by atoms with Crippen LogP contribution in [-0.2, 0) is 11.5 Å². The molecule has 1 aromatic carbocycles. The molecule has 0 fully saturated rings. The average molecular weight is 292 g/mol. The van der Waals surface area contributed by atoms with Gasteiger partial charge in [-0.25, -0.2) is 5.84 Å². The van der Waals surface area contributed by atoms with Gasteiger partial charge in [-0.05, 0) is 29.5 Å². The molecule has 0 aliphatic rings. The van der Waals surface area contributed by atoms with Crippen LogP contribution in [0.25, 0.3) is 0 Å². The minimum absolute atomic E-state index is 0.207. The summed E-state index contributed by atoms with van der Waals surface area (Å²) in [6.07, 6.45) is 0. The molecule has 100 valence electrons. The summed E-state index contributed by atoms with van der Waals surface area (Å²) in [6.45, 7) is 2.09. The van der Waals surface area contributed by atoms with Crippen LogP contribution in [0.1, 0.15) is 26.4 Å². The number of nitrogen functional groups attached to an aromatic ring is 1. The van der Waals surface area contributed by atoms with E-state index in [1.165, 1.54) is 22.5 Å². The van der Waals surface area contributed by atoms with Crippen LogP contribution in [0.2, 0.25) is 0 Å². The third-order valence-corrected chi connectivity index (χ3v) is 4.70. The molecule has 0 unspecified atom stereocenters. The number of nitrogens with one attached hydrogen (secondary N) is 1. The van der Waals surface area contributed by atoms with E-state index in [4.69, 9.17) is 5.84 Å². The fourth-order valence-electron chi connectivity index (χ4n) is 1.79. The number of thioether (sulfide) groups is 1. The van der Waals surface area contributed by atoms with Crippen molar-refractivity contribution in [3.63, 3.8) is 0 Å². The van der Waals surface area contributed by atoms with Crippen LogP contribution < -0.4 is 11.3 Å². The molecule has 0 bridgehead atoms. The monoisotopic (exact) mass is 292 g/mol. The van der Waals surface area contributed by atoms with Gasteiger partial charge in [0.05, 0.1) is 4.88 Å². The van der Waals surface area contributed by atoms with E-state index >= 15 is 0 Å². The second-order valence-electron chi connectivity index (χ2n) is 4.23. The van der Waals surface area contributed by atoms with Gasteiger partial charge in [0.25, 0.3) is 5.91 Å². The van der Waals surface area contributed by atoms with Gasteiger partial charge in [-0.3, -0.25) is 10.2 Å². The Labute approximate surface area is 121 Å². The second-order valence-corrected chi connectivity index (χ2v) is 6.13. The summed E-state index contributed by atoms with van der Waals surface area (Å²) >= 11 is 3.23. The summed E-state index contributed by atoms with van der Waals surface area (Å²) in [6, 6.07) is 10.5. The standard InChI is InChI=1S/C14H16N2OS2/c1-10-3-2-4-11(7-10)8-18-9-12-5-6-19-13(12)14(17)16-15/h2-7H,8-9,15H2,1H3,(H,16,17). The first-order valence-corrected chi connectivity index (χ1v) is 7.94. The molecule has 0 saturated carbocycles. The summed E-state index contributed by atoms with van der Waals surface area (Å²) in [5, 5.41) is 1.92. The Bertz CT molecular complexity index is 566. The number of hydrazine groups is 1. The van der Waals surface area contributed by atoms with Crippen LogP contribution in [-0.4, -0.2) is 5.91 Å². The van der Waals surface area contributed by atoms with Crippen LogP contribution in [0, 0.1) is 6.92 Å². The van der Waals surface area contributed by atoms with Crippen molar-refractivity contribution in [1.29, 1.82) is 0 Å². The zero-order chi connectivity index (χ0) is 13.7. The lowest BCUT2D eigenvalue weighted by Crippen LogP contribution is -2.29. The number of amides is 1. The van der Waals surface area contributed by atoms with E-state index in [0.29, 0.717) is 4.88 Å². The maximum atomic E-state index is 11.5. The summed E-state index contributed by atoms with van der Waals surface area (Å²) < 4.78 is 0. The molecule has 19 heavy (non-hydrogen) atoms. The highest BCUT2D eigenvalue weighted by molar-refractivity contribution is 7.97. The molecule has 0 spiro atoms. The Hall–Kier alpha value is -1.30. The summed E-state index contributed by atoms with van der Waals surface area (Å²) in [4.78, 5) is 12.2. The lowest BCUT2D eigenvalue weighted by atomic mass is 10.2. The normalized spacial score (nSPS) is 10.4. The highest BCUT2D eigenvalue weighted by Crippen LogP contribution is 2.24. The molecule has 0 radical (unpaired) electrons. The Morgan fingerprint density at radius 2 is 2.21 bits per heavy atom. The third kappa shape index (κ3) is 3.83. The zero-order valence-electron chi connectivity index (χ0n) is 10.7. The summed E-state index contributed by atoms with van der Waals surface area (Å²) in [7, 11) is 0. The highest BCUT2D eigenvalue weighted by atomic mass is 32.2. The van der Waals surface area contributed by atoms with Crippen molar-refractivity contribution >= 4 is 29.0 Å². The molecule has 5 heteroatoms. The van der Waals surface area contributed by atoms with Gasteiger partial charge in [0, 0.05) is 11.5 Å². The van der Waals surface area contributed by atoms with Gasteiger partial charge < -0.3 is 0 Å². The molecule has 0 aliphatic carbocycles. The second kappa shape index (κ2) is 6.75. The predicted octanol–water partition coefficient (Wildman–Crippen LogP) is 3.09. The molecule has 3 nitrogen and oxygen atoms in total. The largest absolute Gasteiger partial charge is 0.289 e. The fraction of sp³-hybridized carbons (Fsp3) is 0.214. The van der Waals surface area contributed by atoms with Gasteiger partial charge in [-0.15, -0.1) is 11.3 Å². The SMILES string of the molecule is Cc1cccc(CSCc2ccsc2C(=O)NN)c1. The molecular weight excluding hydrogens is 276 g/mol. The number of nitrogens with two attached hydrogens (primary N) is 1. The maximum Gasteiger partial charge on any atom is 0.275 e. The first kappa shape index (κ1) is 14.1. The molecule has 1 heterocycles. The fourth-order valence-corrected chi connectivity index (χ4v) is 3.69. The highest BCUT2D eigenvalue weighted by Gasteiger charge is 2.11. The van der Waals surface area contributed by atoms with Crippen molar-refractivity contribution < 1.29 is 4.79 Å². The van der Waals surface area contributed by atoms with Crippen molar-refractivity contribution in [2.24, 2.45) is 5.84 Å². The van der Waals surface area contributed by atoms with E-state index in [9.17, 15) is 4.79 Å². The van der Waals surface area contributed by atoms with Crippen LogP contribution in [0.3, 0.4) is 0 Å². The minimum Gasteiger partial charge on any atom is -0.289 e. The van der Waals surface area contributed by atoms with Crippen LogP contribution >= 0.6 is 23.1 Å². The van der Waals surface area contributed by atoms with Gasteiger partial charge in [-0.2, -0.15) is 11.8 Å². The Balaban J connectivity index is 1.93. The first-order chi connectivity index (χ1) is 9.20. The quantitative estimate of drug-likeness (QED) is 0.506. The molecule has 3 N–H and O–H groups in total. The van der Waals surface area contributed by atoms with E-state index in [2.05, 4.69) is 36.6 Å². The van der Waals surface area contributed by atoms with E-state index < -0.39 is 0 Å². The predicted molar refractivity (Wildman–Crippen MR) is 82.2 cm³/mol. The third-order valence-electron chi connectivity index (χ3n) is 2.69. The molecule has 0 atom stereocenters. The maximum absolute atomic E-state index is 11.5. The van der Waals surface area contributed by atoms with Gasteiger partial charge in [-0.1, -0.05) is 29.8 Å². The summed E-state index contributed by atoms with van der Waals surface area (Å²) in [5.41, 5.74) is 5.82. The molecule has 2 rings (SSSR count). The van der Waals surface area contributed by atoms with Crippen molar-refractivity contribution in [3.05, 3.63) is 57.3 Å². The molecular formula is C14H16N2OS2. The Morgan fingerprint density at radius 3 is 2.95 bits per heavy atom. The van der Waals surface area contributed by atoms with Crippen molar-refractivity contribution in [2.75, 3.05) is 0 Å². The number of hydrogen-bond donors (Lipinski definition) is 2.